The highest BCUT2D eigenvalue weighted by atomic mass is 19.1. The highest BCUT2D eigenvalue weighted by Crippen LogP contribution is 2.40. The van der Waals surface area contributed by atoms with Gasteiger partial charge < -0.3 is 5.32 Å². The van der Waals surface area contributed by atoms with E-state index in [1.807, 2.05) is 7.05 Å². The predicted molar refractivity (Wildman–Crippen MR) is 45.4 cm³/mol. The summed E-state index contributed by atoms with van der Waals surface area (Å²) in [4.78, 5) is 0. The van der Waals surface area contributed by atoms with E-state index in [2.05, 4.69) is 5.32 Å². The van der Waals surface area contributed by atoms with E-state index in [4.69, 9.17) is 0 Å². The van der Waals surface area contributed by atoms with E-state index < -0.39 is 5.67 Å². The molecule has 0 spiro atoms. The second kappa shape index (κ2) is 3.53. The molecular weight excluding hydrogens is 141 g/mol. The van der Waals surface area contributed by atoms with E-state index >= 15 is 0 Å². The third kappa shape index (κ3) is 2.16. The Morgan fingerprint density at radius 1 is 1.55 bits per heavy atom. The molecule has 1 aliphatic rings. The van der Waals surface area contributed by atoms with Gasteiger partial charge in [-0.25, -0.2) is 4.39 Å². The summed E-state index contributed by atoms with van der Waals surface area (Å²) >= 11 is 0. The van der Waals surface area contributed by atoms with Crippen LogP contribution in [0.2, 0.25) is 0 Å². The Labute approximate surface area is 68.4 Å². The van der Waals surface area contributed by atoms with Gasteiger partial charge in [0.15, 0.2) is 0 Å². The van der Waals surface area contributed by atoms with E-state index in [9.17, 15) is 4.39 Å². The molecule has 66 valence electrons. The van der Waals surface area contributed by atoms with Crippen molar-refractivity contribution in [2.24, 2.45) is 5.92 Å². The minimum Gasteiger partial charge on any atom is -0.320 e. The minimum absolute atomic E-state index is 0.343. The van der Waals surface area contributed by atoms with Gasteiger partial charge >= 0.3 is 0 Å². The number of hydrogen-bond acceptors (Lipinski definition) is 1. The molecule has 2 heteroatoms. The van der Waals surface area contributed by atoms with Crippen LogP contribution in [0.25, 0.3) is 0 Å². The first-order valence-electron chi connectivity index (χ1n) is 4.50. The van der Waals surface area contributed by atoms with Gasteiger partial charge in [0.1, 0.15) is 5.67 Å². The fraction of sp³-hybridized carbons (Fsp3) is 1.00. The Kier molecular flexibility index (Phi) is 2.88. The summed E-state index contributed by atoms with van der Waals surface area (Å²) in [5.41, 5.74) is -0.915. The van der Waals surface area contributed by atoms with Gasteiger partial charge in [-0.05, 0) is 45.7 Å². The van der Waals surface area contributed by atoms with Gasteiger partial charge in [0, 0.05) is 0 Å². The third-order valence-corrected chi connectivity index (χ3v) is 2.82. The molecule has 0 aromatic rings. The van der Waals surface area contributed by atoms with E-state index in [-0.39, 0.29) is 0 Å². The van der Waals surface area contributed by atoms with Crippen molar-refractivity contribution in [1.29, 1.82) is 0 Å². The second-order valence-electron chi connectivity index (χ2n) is 3.76. The minimum atomic E-state index is -0.915. The zero-order valence-electron chi connectivity index (χ0n) is 7.49. The average Bonchev–Trinajstić information content (AvgIpc) is 1.78. The molecule has 1 saturated carbocycles. The topological polar surface area (TPSA) is 12.0 Å². The molecule has 1 N–H and O–H groups in total. The van der Waals surface area contributed by atoms with Crippen LogP contribution in [0.4, 0.5) is 4.39 Å². The van der Waals surface area contributed by atoms with Crippen molar-refractivity contribution in [2.75, 3.05) is 13.6 Å². The summed E-state index contributed by atoms with van der Waals surface area (Å²) in [6, 6.07) is 0. The molecule has 0 bridgehead atoms. The zero-order chi connectivity index (χ0) is 8.32. The van der Waals surface area contributed by atoms with Crippen LogP contribution in [0, 0.1) is 5.92 Å². The molecule has 0 amide bonds. The fourth-order valence-corrected chi connectivity index (χ4v) is 1.58. The molecule has 0 aromatic carbocycles. The number of hydrogen-bond donors (Lipinski definition) is 1. The van der Waals surface area contributed by atoms with Crippen molar-refractivity contribution in [1.82, 2.24) is 5.32 Å². The summed E-state index contributed by atoms with van der Waals surface area (Å²) in [7, 11) is 1.87. The maximum Gasteiger partial charge on any atom is 0.112 e. The molecule has 0 heterocycles. The van der Waals surface area contributed by atoms with Gasteiger partial charge in [0.2, 0.25) is 0 Å². The average molecular weight is 159 g/mol. The van der Waals surface area contributed by atoms with Crippen LogP contribution in [0.1, 0.15) is 32.6 Å². The summed E-state index contributed by atoms with van der Waals surface area (Å²) in [5, 5.41) is 2.99. The molecular formula is C9H18FN. The van der Waals surface area contributed by atoms with E-state index in [1.165, 1.54) is 6.42 Å². The predicted octanol–water partition coefficient (Wildman–Crippen LogP) is 2.12. The highest BCUT2D eigenvalue weighted by molar-refractivity contribution is 4.88. The van der Waals surface area contributed by atoms with Gasteiger partial charge in [-0.2, -0.15) is 0 Å². The Hall–Kier alpha value is -0.110. The van der Waals surface area contributed by atoms with Gasteiger partial charge in [-0.3, -0.25) is 0 Å². The SMILES string of the molecule is CNCCC(C)(F)C1CCC1. The molecule has 0 radical (unpaired) electrons. The van der Waals surface area contributed by atoms with Crippen LogP contribution in [0.3, 0.4) is 0 Å². The van der Waals surface area contributed by atoms with Crippen LogP contribution in [0.5, 0.6) is 0 Å². The zero-order valence-corrected chi connectivity index (χ0v) is 7.49. The lowest BCUT2D eigenvalue weighted by atomic mass is 9.73. The molecule has 0 aromatic heterocycles. The molecule has 1 unspecified atom stereocenters. The van der Waals surface area contributed by atoms with Gasteiger partial charge in [-0.15, -0.1) is 0 Å². The normalized spacial score (nSPS) is 24.3. The summed E-state index contributed by atoms with van der Waals surface area (Å²) in [6.07, 6.45) is 4.07. The van der Waals surface area contributed by atoms with Crippen LogP contribution < -0.4 is 5.32 Å². The molecule has 1 aliphatic carbocycles. The third-order valence-electron chi connectivity index (χ3n) is 2.82. The number of nitrogens with one attached hydrogen (secondary N) is 1. The van der Waals surface area contributed by atoms with Crippen molar-refractivity contribution in [3.05, 3.63) is 0 Å². The standard InChI is InChI=1S/C9H18FN/c1-9(10,6-7-11-2)8-4-3-5-8/h8,11H,3-7H2,1-2H3. The lowest BCUT2D eigenvalue weighted by Crippen LogP contribution is -2.36. The van der Waals surface area contributed by atoms with E-state index in [0.717, 1.165) is 19.4 Å². The first-order chi connectivity index (χ1) is 5.17. The summed E-state index contributed by atoms with van der Waals surface area (Å²) in [6.45, 7) is 2.54. The van der Waals surface area contributed by atoms with Crippen LogP contribution >= 0.6 is 0 Å². The lowest BCUT2D eigenvalue weighted by molar-refractivity contribution is 0.0418. The summed E-state index contributed by atoms with van der Waals surface area (Å²) in [5.74, 6) is 0.343. The molecule has 1 rings (SSSR count). The van der Waals surface area contributed by atoms with Gasteiger partial charge in [0.25, 0.3) is 0 Å². The Balaban J connectivity index is 2.25. The smallest absolute Gasteiger partial charge is 0.112 e. The molecule has 1 nitrogen and oxygen atoms in total. The first-order valence-corrected chi connectivity index (χ1v) is 4.50. The van der Waals surface area contributed by atoms with Crippen molar-refractivity contribution < 1.29 is 4.39 Å². The Morgan fingerprint density at radius 2 is 2.18 bits per heavy atom. The number of alkyl halides is 1. The summed E-state index contributed by atoms with van der Waals surface area (Å²) < 4.78 is 13.7. The first kappa shape index (κ1) is 8.98. The van der Waals surface area contributed by atoms with E-state index in [1.54, 1.807) is 6.92 Å². The number of halogens is 1. The molecule has 11 heavy (non-hydrogen) atoms. The van der Waals surface area contributed by atoms with Crippen LogP contribution in [-0.2, 0) is 0 Å². The van der Waals surface area contributed by atoms with Gasteiger partial charge in [0.05, 0.1) is 0 Å². The molecule has 1 fully saturated rings. The van der Waals surface area contributed by atoms with Crippen molar-refractivity contribution >= 4 is 0 Å². The highest BCUT2D eigenvalue weighted by Gasteiger charge is 2.37. The largest absolute Gasteiger partial charge is 0.320 e. The molecule has 1 atom stereocenters. The van der Waals surface area contributed by atoms with E-state index in [0.29, 0.717) is 12.3 Å². The second-order valence-corrected chi connectivity index (χ2v) is 3.76. The maximum atomic E-state index is 13.7. The fourth-order valence-electron chi connectivity index (χ4n) is 1.58. The molecule has 0 saturated heterocycles. The van der Waals surface area contributed by atoms with Gasteiger partial charge in [-0.1, -0.05) is 6.42 Å². The van der Waals surface area contributed by atoms with Crippen LogP contribution in [0.15, 0.2) is 0 Å². The monoisotopic (exact) mass is 159 g/mol. The maximum absolute atomic E-state index is 13.7. The van der Waals surface area contributed by atoms with Crippen molar-refractivity contribution in [3.8, 4) is 0 Å². The quantitative estimate of drug-likeness (QED) is 0.662. The lowest BCUT2D eigenvalue weighted by Gasteiger charge is -2.36. The van der Waals surface area contributed by atoms with Crippen molar-refractivity contribution in [2.45, 2.75) is 38.3 Å². The number of rotatable bonds is 4. The Morgan fingerprint density at radius 3 is 2.55 bits per heavy atom. The Bertz CT molecular complexity index is 119. The van der Waals surface area contributed by atoms with Crippen molar-refractivity contribution in [3.63, 3.8) is 0 Å². The molecule has 0 aliphatic heterocycles. The van der Waals surface area contributed by atoms with Crippen LogP contribution in [-0.4, -0.2) is 19.3 Å².